The van der Waals surface area contributed by atoms with E-state index >= 15 is 0 Å². The first-order valence-electron chi connectivity index (χ1n) is 6.28. The van der Waals surface area contributed by atoms with Crippen LogP contribution in [0.25, 0.3) is 0 Å². The summed E-state index contributed by atoms with van der Waals surface area (Å²) in [5, 5.41) is 2.76. The molecule has 0 bridgehead atoms. The number of aryl methyl sites for hydroxylation is 1. The zero-order valence-corrected chi connectivity index (χ0v) is 11.6. The highest BCUT2D eigenvalue weighted by Gasteiger charge is 2.23. The SMILES string of the molecule is CCc1cnc(CNC(=O)CC(N)C(C)(C)C)o1. The van der Waals surface area contributed by atoms with E-state index in [4.69, 9.17) is 10.2 Å². The molecule has 102 valence electrons. The number of nitrogens with two attached hydrogens (primary N) is 1. The maximum Gasteiger partial charge on any atom is 0.222 e. The number of aromatic nitrogens is 1. The quantitative estimate of drug-likeness (QED) is 0.835. The molecule has 1 amide bonds. The molecule has 0 fully saturated rings. The minimum atomic E-state index is -0.159. The smallest absolute Gasteiger partial charge is 0.222 e. The van der Waals surface area contributed by atoms with Crippen molar-refractivity contribution in [3.8, 4) is 0 Å². The van der Waals surface area contributed by atoms with Gasteiger partial charge in [-0.25, -0.2) is 4.98 Å². The maximum atomic E-state index is 11.7. The molecule has 5 nitrogen and oxygen atoms in total. The van der Waals surface area contributed by atoms with Crippen LogP contribution in [-0.4, -0.2) is 16.9 Å². The Morgan fingerprint density at radius 3 is 2.72 bits per heavy atom. The Kier molecular flexibility index (Phi) is 4.90. The highest BCUT2D eigenvalue weighted by atomic mass is 16.4. The zero-order valence-electron chi connectivity index (χ0n) is 11.6. The fraction of sp³-hybridized carbons (Fsp3) is 0.692. The zero-order chi connectivity index (χ0) is 13.8. The Hall–Kier alpha value is -1.36. The van der Waals surface area contributed by atoms with Crippen LogP contribution in [0.1, 0.15) is 45.8 Å². The van der Waals surface area contributed by atoms with Crippen molar-refractivity contribution in [2.24, 2.45) is 11.1 Å². The minimum Gasteiger partial charge on any atom is -0.444 e. The average molecular weight is 253 g/mol. The molecule has 1 aromatic heterocycles. The van der Waals surface area contributed by atoms with Crippen LogP contribution in [0.2, 0.25) is 0 Å². The molecule has 5 heteroatoms. The largest absolute Gasteiger partial charge is 0.444 e. The van der Waals surface area contributed by atoms with E-state index in [1.54, 1.807) is 6.20 Å². The van der Waals surface area contributed by atoms with E-state index in [2.05, 4.69) is 10.3 Å². The highest BCUT2D eigenvalue weighted by Crippen LogP contribution is 2.19. The molecule has 0 spiro atoms. The predicted octanol–water partition coefficient (Wildman–Crippen LogP) is 1.62. The summed E-state index contributed by atoms with van der Waals surface area (Å²) < 4.78 is 5.40. The molecule has 0 radical (unpaired) electrons. The molecule has 1 heterocycles. The molecule has 0 aromatic carbocycles. The van der Waals surface area contributed by atoms with Crippen molar-refractivity contribution in [3.63, 3.8) is 0 Å². The van der Waals surface area contributed by atoms with E-state index in [0.717, 1.165) is 12.2 Å². The molecule has 0 aliphatic carbocycles. The van der Waals surface area contributed by atoms with Gasteiger partial charge < -0.3 is 15.5 Å². The lowest BCUT2D eigenvalue weighted by molar-refractivity contribution is -0.122. The molecular formula is C13H23N3O2. The summed E-state index contributed by atoms with van der Waals surface area (Å²) in [5.41, 5.74) is 5.87. The second-order valence-electron chi connectivity index (χ2n) is 5.53. The van der Waals surface area contributed by atoms with Crippen LogP contribution >= 0.6 is 0 Å². The number of amides is 1. The molecule has 18 heavy (non-hydrogen) atoms. The number of hydrogen-bond donors (Lipinski definition) is 2. The third kappa shape index (κ3) is 4.49. The number of rotatable bonds is 5. The molecule has 1 rings (SSSR count). The van der Waals surface area contributed by atoms with Gasteiger partial charge in [-0.05, 0) is 5.41 Å². The summed E-state index contributed by atoms with van der Waals surface area (Å²) in [6.07, 6.45) is 2.79. The highest BCUT2D eigenvalue weighted by molar-refractivity contribution is 5.76. The minimum absolute atomic E-state index is 0.0738. The van der Waals surface area contributed by atoms with Crippen molar-refractivity contribution in [1.29, 1.82) is 0 Å². The standard InChI is InChI=1S/C13H23N3O2/c1-5-9-7-16-12(18-9)8-15-11(17)6-10(14)13(2,3)4/h7,10H,5-6,8,14H2,1-4H3,(H,15,17). The van der Waals surface area contributed by atoms with E-state index in [-0.39, 0.29) is 17.4 Å². The van der Waals surface area contributed by atoms with Gasteiger partial charge in [-0.3, -0.25) is 4.79 Å². The van der Waals surface area contributed by atoms with Crippen LogP contribution in [-0.2, 0) is 17.8 Å². The molecule has 0 saturated carbocycles. The van der Waals surface area contributed by atoms with Crippen molar-refractivity contribution in [1.82, 2.24) is 10.3 Å². The Balaban J connectivity index is 2.37. The van der Waals surface area contributed by atoms with Gasteiger partial charge in [0.25, 0.3) is 0 Å². The number of nitrogens with zero attached hydrogens (tertiary/aromatic N) is 1. The summed E-state index contributed by atoms with van der Waals surface area (Å²) in [4.78, 5) is 15.8. The van der Waals surface area contributed by atoms with Gasteiger partial charge in [-0.2, -0.15) is 0 Å². The molecule has 1 atom stereocenters. The number of hydrogen-bond acceptors (Lipinski definition) is 4. The first-order valence-corrected chi connectivity index (χ1v) is 6.28. The second kappa shape index (κ2) is 6.00. The van der Waals surface area contributed by atoms with E-state index < -0.39 is 0 Å². The number of carbonyl (C=O) groups is 1. The molecule has 0 saturated heterocycles. The molecule has 1 aromatic rings. The summed E-state index contributed by atoms with van der Waals surface area (Å²) in [7, 11) is 0. The molecule has 0 aliphatic rings. The Bertz CT molecular complexity index is 393. The first-order chi connectivity index (χ1) is 8.32. The van der Waals surface area contributed by atoms with Crippen LogP contribution in [0.15, 0.2) is 10.6 Å². The van der Waals surface area contributed by atoms with Crippen molar-refractivity contribution in [2.45, 2.75) is 53.1 Å². The summed E-state index contributed by atoms with van der Waals surface area (Å²) in [6, 6.07) is -0.159. The van der Waals surface area contributed by atoms with Crippen molar-refractivity contribution in [2.75, 3.05) is 0 Å². The van der Waals surface area contributed by atoms with E-state index in [1.165, 1.54) is 0 Å². The van der Waals surface area contributed by atoms with E-state index in [1.807, 2.05) is 27.7 Å². The maximum absolute atomic E-state index is 11.7. The normalized spacial score (nSPS) is 13.4. The van der Waals surface area contributed by atoms with Crippen LogP contribution in [0, 0.1) is 5.41 Å². The topological polar surface area (TPSA) is 81.2 Å². The Morgan fingerprint density at radius 1 is 1.56 bits per heavy atom. The van der Waals surface area contributed by atoms with Crippen LogP contribution in [0.3, 0.4) is 0 Å². The lowest BCUT2D eigenvalue weighted by Crippen LogP contribution is -2.40. The first kappa shape index (κ1) is 14.7. The summed E-state index contributed by atoms with van der Waals surface area (Å²) in [5.74, 6) is 1.28. The van der Waals surface area contributed by atoms with Gasteiger partial charge in [-0.1, -0.05) is 27.7 Å². The fourth-order valence-electron chi connectivity index (χ4n) is 1.35. The van der Waals surface area contributed by atoms with Gasteiger partial charge in [0.05, 0.1) is 12.7 Å². The fourth-order valence-corrected chi connectivity index (χ4v) is 1.35. The lowest BCUT2D eigenvalue weighted by Gasteiger charge is -2.26. The summed E-state index contributed by atoms with van der Waals surface area (Å²) >= 11 is 0. The van der Waals surface area contributed by atoms with Gasteiger partial charge in [-0.15, -0.1) is 0 Å². The summed E-state index contributed by atoms with van der Waals surface area (Å²) in [6.45, 7) is 8.37. The van der Waals surface area contributed by atoms with Gasteiger partial charge in [0.2, 0.25) is 11.8 Å². The van der Waals surface area contributed by atoms with E-state index in [0.29, 0.717) is 18.9 Å². The average Bonchev–Trinajstić information content (AvgIpc) is 2.73. The van der Waals surface area contributed by atoms with Crippen molar-refractivity contribution < 1.29 is 9.21 Å². The van der Waals surface area contributed by atoms with Crippen LogP contribution < -0.4 is 11.1 Å². The van der Waals surface area contributed by atoms with Crippen LogP contribution in [0.5, 0.6) is 0 Å². The van der Waals surface area contributed by atoms with Gasteiger partial charge in [0, 0.05) is 18.9 Å². The Morgan fingerprint density at radius 2 is 2.22 bits per heavy atom. The molecule has 3 N–H and O–H groups in total. The van der Waals surface area contributed by atoms with Gasteiger partial charge in [0.1, 0.15) is 5.76 Å². The Labute approximate surface area is 108 Å². The number of nitrogens with one attached hydrogen (secondary N) is 1. The van der Waals surface area contributed by atoms with E-state index in [9.17, 15) is 4.79 Å². The number of oxazole rings is 1. The van der Waals surface area contributed by atoms with Crippen molar-refractivity contribution >= 4 is 5.91 Å². The number of carbonyl (C=O) groups excluding carboxylic acids is 1. The lowest BCUT2D eigenvalue weighted by atomic mass is 9.85. The molecular weight excluding hydrogens is 230 g/mol. The molecule has 1 unspecified atom stereocenters. The monoisotopic (exact) mass is 253 g/mol. The van der Waals surface area contributed by atoms with Gasteiger partial charge >= 0.3 is 0 Å². The molecule has 0 aliphatic heterocycles. The predicted molar refractivity (Wildman–Crippen MR) is 69.8 cm³/mol. The third-order valence-electron chi connectivity index (χ3n) is 2.90. The van der Waals surface area contributed by atoms with Crippen molar-refractivity contribution in [3.05, 3.63) is 17.8 Å². The third-order valence-corrected chi connectivity index (χ3v) is 2.90. The van der Waals surface area contributed by atoms with Gasteiger partial charge in [0.15, 0.2) is 0 Å². The van der Waals surface area contributed by atoms with Crippen LogP contribution in [0.4, 0.5) is 0 Å². The second-order valence-corrected chi connectivity index (χ2v) is 5.53.